The van der Waals surface area contributed by atoms with Gasteiger partial charge in [-0.05, 0) is 38.0 Å². The van der Waals surface area contributed by atoms with Gasteiger partial charge in [0.15, 0.2) is 5.96 Å². The van der Waals surface area contributed by atoms with Crippen molar-refractivity contribution in [2.75, 3.05) is 27.2 Å². The number of carbonyl (C=O) groups excluding carboxylic acids is 1. The van der Waals surface area contributed by atoms with Crippen molar-refractivity contribution in [3.05, 3.63) is 29.8 Å². The largest absolute Gasteiger partial charge is 0.494 e. The predicted molar refractivity (Wildman–Crippen MR) is 93.8 cm³/mol. The van der Waals surface area contributed by atoms with E-state index in [1.165, 1.54) is 0 Å². The lowest BCUT2D eigenvalue weighted by Gasteiger charge is -2.15. The molecule has 23 heavy (non-hydrogen) atoms. The Hall–Kier alpha value is -2.24. The van der Waals surface area contributed by atoms with Gasteiger partial charge in [0, 0.05) is 27.1 Å². The number of aliphatic imine (C=N–C) groups is 1. The third kappa shape index (κ3) is 7.04. The lowest BCUT2D eigenvalue weighted by Crippen LogP contribution is -2.35. The second-order valence-corrected chi connectivity index (χ2v) is 5.14. The molecule has 0 heterocycles. The first kappa shape index (κ1) is 18.8. The van der Waals surface area contributed by atoms with Crippen LogP contribution in [0.3, 0.4) is 0 Å². The zero-order valence-corrected chi connectivity index (χ0v) is 14.5. The van der Waals surface area contributed by atoms with Gasteiger partial charge in [-0.1, -0.05) is 12.1 Å². The molecule has 0 aliphatic rings. The van der Waals surface area contributed by atoms with Gasteiger partial charge in [-0.15, -0.1) is 0 Å². The van der Waals surface area contributed by atoms with Crippen LogP contribution in [0, 0.1) is 0 Å². The number of nitrogens with one attached hydrogen (secondary N) is 3. The molecule has 1 atom stereocenters. The zero-order valence-electron chi connectivity index (χ0n) is 14.5. The van der Waals surface area contributed by atoms with Crippen LogP contribution in [0.4, 0.5) is 0 Å². The summed E-state index contributed by atoms with van der Waals surface area (Å²) in [4.78, 5) is 16.0. The van der Waals surface area contributed by atoms with E-state index in [0.29, 0.717) is 19.6 Å². The van der Waals surface area contributed by atoms with Crippen LogP contribution in [0.1, 0.15) is 38.3 Å². The van der Waals surface area contributed by atoms with Gasteiger partial charge >= 0.3 is 0 Å². The van der Waals surface area contributed by atoms with E-state index in [1.54, 1.807) is 14.1 Å². The molecule has 6 nitrogen and oxygen atoms in total. The fraction of sp³-hybridized carbons (Fsp3) is 0.529. The molecule has 1 aromatic rings. The summed E-state index contributed by atoms with van der Waals surface area (Å²) in [5.74, 6) is 1.62. The summed E-state index contributed by atoms with van der Waals surface area (Å²) in [6.07, 6.45) is 1.23. The topological polar surface area (TPSA) is 74.8 Å². The number of benzene rings is 1. The normalized spacial score (nSPS) is 12.4. The number of ether oxygens (including phenoxy) is 1. The Morgan fingerprint density at radius 2 is 2.00 bits per heavy atom. The first-order chi connectivity index (χ1) is 11.1. The van der Waals surface area contributed by atoms with E-state index in [9.17, 15) is 4.79 Å². The Bertz CT molecular complexity index is 500. The number of carbonyl (C=O) groups is 1. The fourth-order valence-electron chi connectivity index (χ4n) is 2.15. The van der Waals surface area contributed by atoms with E-state index in [-0.39, 0.29) is 11.9 Å². The van der Waals surface area contributed by atoms with Crippen molar-refractivity contribution in [3.63, 3.8) is 0 Å². The number of guanidine groups is 1. The van der Waals surface area contributed by atoms with Gasteiger partial charge in [0.1, 0.15) is 5.75 Å². The van der Waals surface area contributed by atoms with Crippen LogP contribution < -0.4 is 20.7 Å². The molecule has 0 radical (unpaired) electrons. The first-order valence-corrected chi connectivity index (χ1v) is 8.01. The average molecular weight is 320 g/mol. The van der Waals surface area contributed by atoms with Crippen LogP contribution in [0.2, 0.25) is 0 Å². The Labute approximate surface area is 138 Å². The molecule has 128 valence electrons. The van der Waals surface area contributed by atoms with E-state index >= 15 is 0 Å². The van der Waals surface area contributed by atoms with E-state index in [0.717, 1.165) is 23.7 Å². The van der Waals surface area contributed by atoms with Gasteiger partial charge in [0.2, 0.25) is 5.91 Å². The first-order valence-electron chi connectivity index (χ1n) is 8.01. The summed E-state index contributed by atoms with van der Waals surface area (Å²) in [6.45, 7) is 5.29. The minimum Gasteiger partial charge on any atom is -0.494 e. The van der Waals surface area contributed by atoms with Crippen molar-refractivity contribution in [1.29, 1.82) is 0 Å². The number of amides is 1. The SMILES string of the molecule is CCOc1ccc(C(C)NC(=O)CCCNC(=NC)NC)cc1. The maximum atomic E-state index is 12.0. The summed E-state index contributed by atoms with van der Waals surface area (Å²) in [5, 5.41) is 9.07. The van der Waals surface area contributed by atoms with Crippen molar-refractivity contribution in [2.24, 2.45) is 4.99 Å². The molecule has 1 amide bonds. The highest BCUT2D eigenvalue weighted by Gasteiger charge is 2.09. The molecule has 0 aliphatic carbocycles. The lowest BCUT2D eigenvalue weighted by atomic mass is 10.1. The molecule has 1 unspecified atom stereocenters. The van der Waals surface area contributed by atoms with Crippen molar-refractivity contribution in [3.8, 4) is 5.75 Å². The Balaban J connectivity index is 2.33. The molecule has 0 aromatic heterocycles. The van der Waals surface area contributed by atoms with Gasteiger partial charge < -0.3 is 20.7 Å². The summed E-state index contributed by atoms with van der Waals surface area (Å²) in [6, 6.07) is 7.79. The summed E-state index contributed by atoms with van der Waals surface area (Å²) < 4.78 is 5.42. The minimum absolute atomic E-state index is 0.0174. The van der Waals surface area contributed by atoms with Gasteiger partial charge in [0.05, 0.1) is 12.6 Å². The standard InChI is InChI=1S/C17H28N4O2/c1-5-23-15-10-8-14(9-11-15)13(2)21-16(22)7-6-12-20-17(18-3)19-4/h8-11,13H,5-7,12H2,1-4H3,(H,21,22)(H2,18,19,20). The van der Waals surface area contributed by atoms with Gasteiger partial charge in [-0.25, -0.2) is 0 Å². The molecule has 0 saturated carbocycles. The summed E-state index contributed by atoms with van der Waals surface area (Å²) in [7, 11) is 3.52. The maximum absolute atomic E-state index is 12.0. The van der Waals surface area contributed by atoms with Gasteiger partial charge in [-0.3, -0.25) is 9.79 Å². The Morgan fingerprint density at radius 1 is 1.30 bits per heavy atom. The van der Waals surface area contributed by atoms with E-state index in [2.05, 4.69) is 20.9 Å². The third-order valence-corrected chi connectivity index (χ3v) is 3.40. The second-order valence-electron chi connectivity index (χ2n) is 5.14. The molecule has 1 aromatic carbocycles. The summed E-state index contributed by atoms with van der Waals surface area (Å²) >= 11 is 0. The van der Waals surface area contributed by atoms with Gasteiger partial charge in [-0.2, -0.15) is 0 Å². The van der Waals surface area contributed by atoms with Crippen LogP contribution in [-0.4, -0.2) is 39.1 Å². The van der Waals surface area contributed by atoms with Crippen LogP contribution in [0.15, 0.2) is 29.3 Å². The van der Waals surface area contributed by atoms with Crippen LogP contribution in [0.25, 0.3) is 0 Å². The van der Waals surface area contributed by atoms with E-state index in [4.69, 9.17) is 4.74 Å². The molecule has 0 fully saturated rings. The van der Waals surface area contributed by atoms with E-state index < -0.39 is 0 Å². The maximum Gasteiger partial charge on any atom is 0.220 e. The number of hydrogen-bond acceptors (Lipinski definition) is 3. The number of rotatable bonds is 8. The Morgan fingerprint density at radius 3 is 2.57 bits per heavy atom. The molecular weight excluding hydrogens is 292 g/mol. The number of hydrogen-bond donors (Lipinski definition) is 3. The smallest absolute Gasteiger partial charge is 0.220 e. The molecule has 0 saturated heterocycles. The molecule has 0 aliphatic heterocycles. The Kier molecular flexibility index (Phi) is 8.57. The molecular formula is C17H28N4O2. The molecule has 1 rings (SSSR count). The molecule has 0 bridgehead atoms. The van der Waals surface area contributed by atoms with Crippen molar-refractivity contribution in [2.45, 2.75) is 32.7 Å². The van der Waals surface area contributed by atoms with Crippen LogP contribution in [0.5, 0.6) is 5.75 Å². The highest BCUT2D eigenvalue weighted by molar-refractivity contribution is 5.79. The van der Waals surface area contributed by atoms with Crippen molar-refractivity contribution < 1.29 is 9.53 Å². The third-order valence-electron chi connectivity index (χ3n) is 3.40. The molecule has 6 heteroatoms. The number of nitrogens with zero attached hydrogens (tertiary/aromatic N) is 1. The van der Waals surface area contributed by atoms with E-state index in [1.807, 2.05) is 38.1 Å². The average Bonchev–Trinajstić information content (AvgIpc) is 2.56. The van der Waals surface area contributed by atoms with Crippen LogP contribution >= 0.6 is 0 Å². The molecule has 0 spiro atoms. The predicted octanol–water partition coefficient (Wildman–Crippen LogP) is 1.84. The zero-order chi connectivity index (χ0) is 17.1. The quantitative estimate of drug-likeness (QED) is 0.388. The molecule has 3 N–H and O–H groups in total. The summed E-state index contributed by atoms with van der Waals surface area (Å²) in [5.41, 5.74) is 1.07. The highest BCUT2D eigenvalue weighted by Crippen LogP contribution is 2.17. The fourth-order valence-corrected chi connectivity index (χ4v) is 2.15. The van der Waals surface area contributed by atoms with Gasteiger partial charge in [0.25, 0.3) is 0 Å². The van der Waals surface area contributed by atoms with Crippen molar-refractivity contribution in [1.82, 2.24) is 16.0 Å². The minimum atomic E-state index is -0.0174. The highest BCUT2D eigenvalue weighted by atomic mass is 16.5. The monoisotopic (exact) mass is 320 g/mol. The van der Waals surface area contributed by atoms with Crippen LogP contribution in [-0.2, 0) is 4.79 Å². The second kappa shape index (κ2) is 10.5. The lowest BCUT2D eigenvalue weighted by molar-refractivity contribution is -0.121. The van der Waals surface area contributed by atoms with Crippen molar-refractivity contribution >= 4 is 11.9 Å².